The van der Waals surface area contributed by atoms with Crippen LogP contribution < -0.4 is 10.1 Å². The zero-order valence-electron chi connectivity index (χ0n) is 21.5. The van der Waals surface area contributed by atoms with Gasteiger partial charge >= 0.3 is 0 Å². The molecule has 0 aromatic heterocycles. The lowest BCUT2D eigenvalue weighted by molar-refractivity contribution is -0.135. The molecule has 5 heteroatoms. The number of nitrogens with zero attached hydrogens (tertiary/aromatic N) is 1. The number of carbonyl (C=O) groups is 2. The second-order valence-electron chi connectivity index (χ2n) is 10.9. The molecule has 2 aromatic carbocycles. The minimum atomic E-state index is -0.419. The lowest BCUT2D eigenvalue weighted by Crippen LogP contribution is -2.53. The first-order valence-corrected chi connectivity index (χ1v) is 13.2. The van der Waals surface area contributed by atoms with Crippen LogP contribution >= 0.6 is 0 Å². The predicted octanol–water partition coefficient (Wildman–Crippen LogP) is 5.55. The van der Waals surface area contributed by atoms with E-state index in [4.69, 9.17) is 4.74 Å². The first-order valence-electron chi connectivity index (χ1n) is 13.2. The van der Waals surface area contributed by atoms with Crippen LogP contribution in [0, 0.1) is 18.3 Å². The molecule has 35 heavy (non-hydrogen) atoms. The van der Waals surface area contributed by atoms with E-state index in [0.717, 1.165) is 49.0 Å². The number of hydrogen-bond acceptors (Lipinski definition) is 3. The first-order chi connectivity index (χ1) is 16.9. The number of aryl methyl sites for hydroxylation is 2. The normalized spacial score (nSPS) is 20.9. The molecule has 2 aromatic rings. The number of benzene rings is 2. The SMILES string of the molecule is Cc1cccc(C(=O)N2CCC3(CCCCc4ccccc4OC[C@H](CC(C)C)NC3=O)CC2)c1. The van der Waals surface area contributed by atoms with E-state index < -0.39 is 5.41 Å². The van der Waals surface area contributed by atoms with E-state index in [1.54, 1.807) is 0 Å². The van der Waals surface area contributed by atoms with Crippen molar-refractivity contribution in [3.8, 4) is 5.75 Å². The number of ether oxygens (including phenoxy) is 1. The fourth-order valence-corrected chi connectivity index (χ4v) is 5.59. The van der Waals surface area contributed by atoms with Gasteiger partial charge in [-0.05, 0) is 75.1 Å². The Morgan fingerprint density at radius 3 is 2.60 bits per heavy atom. The summed E-state index contributed by atoms with van der Waals surface area (Å²) in [5.74, 6) is 1.61. The van der Waals surface area contributed by atoms with Gasteiger partial charge in [-0.15, -0.1) is 0 Å². The molecular weight excluding hydrogens is 436 g/mol. The van der Waals surface area contributed by atoms with Gasteiger partial charge in [0.25, 0.3) is 5.91 Å². The van der Waals surface area contributed by atoms with Crippen LogP contribution in [0.4, 0.5) is 0 Å². The Kier molecular flexibility index (Phi) is 8.15. The van der Waals surface area contributed by atoms with E-state index in [0.29, 0.717) is 38.5 Å². The van der Waals surface area contributed by atoms with Crippen LogP contribution in [-0.2, 0) is 11.2 Å². The molecule has 2 aliphatic rings. The van der Waals surface area contributed by atoms with Gasteiger partial charge in [0.15, 0.2) is 0 Å². The molecular formula is C30H40N2O3. The molecule has 2 amide bonds. The summed E-state index contributed by atoms with van der Waals surface area (Å²) in [6.45, 7) is 8.09. The monoisotopic (exact) mass is 476 g/mol. The van der Waals surface area contributed by atoms with E-state index in [2.05, 4.69) is 31.3 Å². The average Bonchev–Trinajstić information content (AvgIpc) is 2.84. The summed E-state index contributed by atoms with van der Waals surface area (Å²) in [6, 6.07) is 16.0. The van der Waals surface area contributed by atoms with Gasteiger partial charge in [-0.2, -0.15) is 0 Å². The highest BCUT2D eigenvalue weighted by Gasteiger charge is 2.42. The summed E-state index contributed by atoms with van der Waals surface area (Å²) >= 11 is 0. The highest BCUT2D eigenvalue weighted by molar-refractivity contribution is 5.94. The number of nitrogens with one attached hydrogen (secondary N) is 1. The molecule has 2 heterocycles. The van der Waals surface area contributed by atoms with Gasteiger partial charge in [0.1, 0.15) is 12.4 Å². The van der Waals surface area contributed by atoms with Crippen molar-refractivity contribution in [1.29, 1.82) is 0 Å². The molecule has 188 valence electrons. The number of carbonyl (C=O) groups excluding carboxylic acids is 2. The molecule has 4 rings (SSSR count). The van der Waals surface area contributed by atoms with E-state index in [9.17, 15) is 9.59 Å². The molecule has 0 unspecified atom stereocenters. The second kappa shape index (κ2) is 11.3. The predicted molar refractivity (Wildman–Crippen MR) is 140 cm³/mol. The second-order valence-corrected chi connectivity index (χ2v) is 10.9. The highest BCUT2D eigenvalue weighted by Crippen LogP contribution is 2.38. The van der Waals surface area contributed by atoms with Gasteiger partial charge in [-0.3, -0.25) is 9.59 Å². The fourth-order valence-electron chi connectivity index (χ4n) is 5.59. The summed E-state index contributed by atoms with van der Waals surface area (Å²) in [7, 11) is 0. The molecule has 1 atom stereocenters. The van der Waals surface area contributed by atoms with Gasteiger partial charge in [0.2, 0.25) is 5.91 Å². The number of para-hydroxylation sites is 1. The van der Waals surface area contributed by atoms with E-state index in [1.807, 2.05) is 48.2 Å². The standard InChI is InChI=1S/C30H40N2O3/c1-22(2)19-26-21-35-27-13-5-4-10-24(27)11-6-7-14-30(29(34)31-26)15-17-32(18-16-30)28(33)25-12-8-9-23(3)20-25/h4-5,8-10,12-13,20,22,26H,6-7,11,14-19,21H2,1-3H3,(H,31,34)/t26-/m0/s1. The zero-order valence-corrected chi connectivity index (χ0v) is 21.5. The Hall–Kier alpha value is -2.82. The Morgan fingerprint density at radius 1 is 1.09 bits per heavy atom. The van der Waals surface area contributed by atoms with E-state index in [1.165, 1.54) is 5.56 Å². The number of fused-ring (bicyclic) bond motifs is 1. The van der Waals surface area contributed by atoms with Crippen molar-refractivity contribution in [2.45, 2.75) is 71.8 Å². The van der Waals surface area contributed by atoms with Crippen LogP contribution in [0.3, 0.4) is 0 Å². The van der Waals surface area contributed by atoms with Crippen molar-refractivity contribution in [2.24, 2.45) is 11.3 Å². The molecule has 0 saturated carbocycles. The summed E-state index contributed by atoms with van der Waals surface area (Å²) in [4.78, 5) is 28.8. The number of hydrogen-bond donors (Lipinski definition) is 1. The minimum Gasteiger partial charge on any atom is -0.491 e. The van der Waals surface area contributed by atoms with Crippen LogP contribution in [-0.4, -0.2) is 42.5 Å². The van der Waals surface area contributed by atoms with Crippen LogP contribution in [0.5, 0.6) is 5.75 Å². The van der Waals surface area contributed by atoms with E-state index in [-0.39, 0.29) is 17.9 Å². The molecule has 2 aliphatic heterocycles. The number of likely N-dealkylation sites (tertiary alicyclic amines) is 1. The Labute approximate surface area is 210 Å². The maximum absolute atomic E-state index is 13.8. The first kappa shape index (κ1) is 25.3. The molecule has 0 radical (unpaired) electrons. The summed E-state index contributed by atoms with van der Waals surface area (Å²) in [6.07, 6.45) is 6.13. The van der Waals surface area contributed by atoms with Gasteiger partial charge in [0.05, 0.1) is 11.5 Å². The number of amides is 2. The smallest absolute Gasteiger partial charge is 0.253 e. The molecule has 5 nitrogen and oxygen atoms in total. The molecule has 1 saturated heterocycles. The zero-order chi connectivity index (χ0) is 24.8. The van der Waals surface area contributed by atoms with Crippen LogP contribution in [0.25, 0.3) is 0 Å². The maximum atomic E-state index is 13.8. The van der Waals surface area contributed by atoms with E-state index >= 15 is 0 Å². The third kappa shape index (κ3) is 6.25. The molecule has 0 bridgehead atoms. The highest BCUT2D eigenvalue weighted by atomic mass is 16.5. The van der Waals surface area contributed by atoms with Gasteiger partial charge in [0, 0.05) is 18.7 Å². The Bertz CT molecular complexity index is 1020. The van der Waals surface area contributed by atoms with Crippen molar-refractivity contribution < 1.29 is 14.3 Å². The molecule has 0 aliphatic carbocycles. The van der Waals surface area contributed by atoms with Crippen LogP contribution in [0.2, 0.25) is 0 Å². The fraction of sp³-hybridized carbons (Fsp3) is 0.533. The molecule has 1 spiro atoms. The van der Waals surface area contributed by atoms with Gasteiger partial charge < -0.3 is 15.0 Å². The third-order valence-electron chi connectivity index (χ3n) is 7.61. The number of piperidine rings is 1. The summed E-state index contributed by atoms with van der Waals surface area (Å²) in [5.41, 5.74) is 2.65. The van der Waals surface area contributed by atoms with Gasteiger partial charge in [-0.25, -0.2) is 0 Å². The lowest BCUT2D eigenvalue weighted by atomic mass is 9.73. The topological polar surface area (TPSA) is 58.6 Å². The van der Waals surface area contributed by atoms with Crippen LogP contribution in [0.1, 0.15) is 73.9 Å². The Balaban J connectivity index is 1.50. The maximum Gasteiger partial charge on any atom is 0.253 e. The van der Waals surface area contributed by atoms with Crippen LogP contribution in [0.15, 0.2) is 48.5 Å². The summed E-state index contributed by atoms with van der Waals surface area (Å²) < 4.78 is 6.24. The van der Waals surface area contributed by atoms with Crippen molar-refractivity contribution in [3.05, 3.63) is 65.2 Å². The summed E-state index contributed by atoms with van der Waals surface area (Å²) in [5, 5.41) is 3.37. The van der Waals surface area contributed by atoms with Crippen molar-refractivity contribution in [2.75, 3.05) is 19.7 Å². The lowest BCUT2D eigenvalue weighted by Gasteiger charge is -2.42. The van der Waals surface area contributed by atoms with Crippen molar-refractivity contribution in [3.63, 3.8) is 0 Å². The van der Waals surface area contributed by atoms with Crippen molar-refractivity contribution >= 4 is 11.8 Å². The third-order valence-corrected chi connectivity index (χ3v) is 7.61. The quantitative estimate of drug-likeness (QED) is 0.632. The number of rotatable bonds is 3. The largest absolute Gasteiger partial charge is 0.491 e. The molecule has 1 N–H and O–H groups in total. The molecule has 1 fully saturated rings. The van der Waals surface area contributed by atoms with Crippen molar-refractivity contribution in [1.82, 2.24) is 10.2 Å². The Morgan fingerprint density at radius 2 is 1.86 bits per heavy atom. The van der Waals surface area contributed by atoms with Gasteiger partial charge in [-0.1, -0.05) is 56.2 Å². The average molecular weight is 477 g/mol. The minimum absolute atomic E-state index is 0.0289.